The zero-order valence-electron chi connectivity index (χ0n) is 14.6. The van der Waals surface area contributed by atoms with E-state index in [1.807, 2.05) is 0 Å². The highest BCUT2D eigenvalue weighted by Crippen LogP contribution is 2.34. The lowest BCUT2D eigenvalue weighted by molar-refractivity contribution is -1.18. The fourth-order valence-corrected chi connectivity index (χ4v) is 2.42. The summed E-state index contributed by atoms with van der Waals surface area (Å²) in [6, 6.07) is 12.8. The molecule has 3 nitrogen and oxygen atoms in total. The number of hydrogen-bond donors (Lipinski definition) is 1. The quantitative estimate of drug-likeness (QED) is 0.464. The Morgan fingerprint density at radius 2 is 1.48 bits per heavy atom. The van der Waals surface area contributed by atoms with Gasteiger partial charge in [0.05, 0.1) is 5.56 Å². The van der Waals surface area contributed by atoms with Crippen molar-refractivity contribution < 1.29 is 41.2 Å². The minimum Gasteiger partial charge on any atom is -0.274 e. The van der Waals surface area contributed by atoms with Gasteiger partial charge in [-0.2, -0.15) is 13.2 Å². The molecule has 0 aliphatic rings. The molecule has 29 heavy (non-hydrogen) atoms. The van der Waals surface area contributed by atoms with Crippen LogP contribution in [0.4, 0.5) is 32.0 Å². The molecule has 1 atom stereocenters. The van der Waals surface area contributed by atoms with Gasteiger partial charge in [-0.1, -0.05) is 24.3 Å². The third-order valence-electron chi connectivity index (χ3n) is 3.87. The maximum atomic E-state index is 14.3. The van der Waals surface area contributed by atoms with E-state index < -0.39 is 40.2 Å². The Morgan fingerprint density at radius 3 is 2.14 bits per heavy atom. The lowest BCUT2D eigenvalue weighted by Crippen LogP contribution is -3.08. The van der Waals surface area contributed by atoms with Gasteiger partial charge in [0.2, 0.25) is 11.4 Å². The number of benzene rings is 3. The van der Waals surface area contributed by atoms with Crippen molar-refractivity contribution in [2.75, 3.05) is 0 Å². The Morgan fingerprint density at radius 1 is 0.793 bits per heavy atom. The van der Waals surface area contributed by atoms with Crippen molar-refractivity contribution in [2.45, 2.75) is 12.8 Å². The third-order valence-corrected chi connectivity index (χ3v) is 3.87. The molecule has 0 spiro atoms. The smallest absolute Gasteiger partial charge is 0.274 e. The minimum absolute atomic E-state index is 0.125. The second-order valence-electron chi connectivity index (χ2n) is 5.89. The number of hydrogen-bond acceptors (Lipinski definition) is 2. The summed E-state index contributed by atoms with van der Waals surface area (Å²) >= 11 is 0. The van der Waals surface area contributed by atoms with Crippen LogP contribution in [0, 0.1) is 17.5 Å². The summed E-state index contributed by atoms with van der Waals surface area (Å²) in [7, 11) is 0. The van der Waals surface area contributed by atoms with Crippen molar-refractivity contribution in [2.24, 2.45) is 0 Å². The predicted octanol–water partition coefficient (Wildman–Crippen LogP) is 4.76. The fraction of sp³-hybridized carbons (Fsp3) is 0.100. The standard InChI is InChI=1S/C20H13F6NO2/c21-14-8-10-15(11-9-14)27(28-12-13-4-1-2-6-17(13)22)29-18-7-3-5-16(19(18)23)20(24,25)26/h1-11H,12H2/p+1. The first-order valence-electron chi connectivity index (χ1n) is 8.28. The second-order valence-corrected chi connectivity index (χ2v) is 5.89. The Hall–Kier alpha value is -3.04. The van der Waals surface area contributed by atoms with E-state index in [4.69, 9.17) is 9.68 Å². The van der Waals surface area contributed by atoms with E-state index in [1.54, 1.807) is 6.07 Å². The highest BCUT2D eigenvalue weighted by molar-refractivity contribution is 5.33. The average molecular weight is 414 g/mol. The Kier molecular flexibility index (Phi) is 6.09. The molecule has 0 aliphatic carbocycles. The van der Waals surface area contributed by atoms with E-state index in [9.17, 15) is 26.3 Å². The Bertz CT molecular complexity index is 975. The zero-order chi connectivity index (χ0) is 21.0. The molecular weight excluding hydrogens is 400 g/mol. The van der Waals surface area contributed by atoms with Crippen LogP contribution in [0.3, 0.4) is 0 Å². The van der Waals surface area contributed by atoms with Crippen molar-refractivity contribution in [3.8, 4) is 5.75 Å². The lowest BCUT2D eigenvalue weighted by atomic mass is 10.2. The van der Waals surface area contributed by atoms with Crippen molar-refractivity contribution in [1.82, 2.24) is 0 Å². The monoisotopic (exact) mass is 414 g/mol. The molecule has 3 rings (SSSR count). The highest BCUT2D eigenvalue weighted by Gasteiger charge is 2.36. The molecular formula is C20H14F6NO2+. The summed E-state index contributed by atoms with van der Waals surface area (Å²) in [5.41, 5.74) is -1.25. The van der Waals surface area contributed by atoms with Gasteiger partial charge in [-0.15, -0.1) is 4.84 Å². The van der Waals surface area contributed by atoms with E-state index >= 15 is 0 Å². The van der Waals surface area contributed by atoms with Gasteiger partial charge in [0, 0.05) is 22.9 Å². The zero-order valence-corrected chi connectivity index (χ0v) is 14.6. The van der Waals surface area contributed by atoms with Gasteiger partial charge in [-0.05, 0) is 30.3 Å². The van der Waals surface area contributed by atoms with Crippen LogP contribution in [0.2, 0.25) is 0 Å². The van der Waals surface area contributed by atoms with E-state index in [0.29, 0.717) is 6.07 Å². The summed E-state index contributed by atoms with van der Waals surface area (Å²) in [5, 5.41) is -0.411. The van der Waals surface area contributed by atoms with Crippen LogP contribution < -0.4 is 10.1 Å². The molecule has 0 amide bonds. The summed E-state index contributed by atoms with van der Waals surface area (Å²) in [6.07, 6.45) is -4.92. The van der Waals surface area contributed by atoms with Crippen LogP contribution in [0.15, 0.2) is 66.7 Å². The lowest BCUT2D eigenvalue weighted by Gasteiger charge is -2.17. The van der Waals surface area contributed by atoms with Gasteiger partial charge in [-0.25, -0.2) is 13.2 Å². The van der Waals surface area contributed by atoms with E-state index in [-0.39, 0.29) is 17.9 Å². The minimum atomic E-state index is -4.92. The highest BCUT2D eigenvalue weighted by atomic mass is 19.4. The molecule has 0 heterocycles. The van der Waals surface area contributed by atoms with Crippen molar-refractivity contribution in [1.29, 1.82) is 0 Å². The first-order valence-corrected chi connectivity index (χ1v) is 8.28. The molecule has 0 bridgehead atoms. The van der Waals surface area contributed by atoms with Crippen LogP contribution in [0.1, 0.15) is 11.1 Å². The van der Waals surface area contributed by atoms with Crippen molar-refractivity contribution in [3.05, 3.63) is 95.3 Å². The number of quaternary nitrogens is 1. The maximum absolute atomic E-state index is 14.3. The first kappa shape index (κ1) is 20.7. The molecule has 3 aromatic rings. The Labute approximate surface area is 161 Å². The van der Waals surface area contributed by atoms with Crippen LogP contribution in [0.5, 0.6) is 5.75 Å². The molecule has 0 aliphatic heterocycles. The average Bonchev–Trinajstić information content (AvgIpc) is 2.67. The van der Waals surface area contributed by atoms with Gasteiger partial charge in [0.25, 0.3) is 0 Å². The molecule has 9 heteroatoms. The summed E-state index contributed by atoms with van der Waals surface area (Å²) < 4.78 is 80.1. The molecule has 0 saturated carbocycles. The van der Waals surface area contributed by atoms with Gasteiger partial charge in [0.1, 0.15) is 18.2 Å². The van der Waals surface area contributed by atoms with Gasteiger partial charge >= 0.3 is 6.18 Å². The number of halogens is 6. The normalized spacial score (nSPS) is 12.6. The van der Waals surface area contributed by atoms with Crippen LogP contribution in [-0.4, -0.2) is 0 Å². The third kappa shape index (κ3) is 5.07. The molecule has 0 radical (unpaired) electrons. The van der Waals surface area contributed by atoms with Crippen LogP contribution >= 0.6 is 0 Å². The van der Waals surface area contributed by atoms with Gasteiger partial charge in [-0.3, -0.25) is 4.84 Å². The number of nitrogens with one attached hydrogen (secondary N) is 1. The summed E-state index contributed by atoms with van der Waals surface area (Å²) in [4.78, 5) is 10.6. The molecule has 1 N–H and O–H groups in total. The summed E-state index contributed by atoms with van der Waals surface area (Å²) in [5.74, 6) is -3.52. The van der Waals surface area contributed by atoms with Crippen molar-refractivity contribution >= 4 is 5.69 Å². The molecule has 1 unspecified atom stereocenters. The van der Waals surface area contributed by atoms with E-state index in [2.05, 4.69) is 0 Å². The fourth-order valence-electron chi connectivity index (χ4n) is 2.42. The van der Waals surface area contributed by atoms with Gasteiger partial charge in [0.15, 0.2) is 5.82 Å². The largest absolute Gasteiger partial charge is 0.419 e. The topological polar surface area (TPSA) is 22.9 Å². The maximum Gasteiger partial charge on any atom is 0.419 e. The number of alkyl halides is 3. The molecule has 0 aromatic heterocycles. The van der Waals surface area contributed by atoms with Crippen LogP contribution in [0.25, 0.3) is 0 Å². The van der Waals surface area contributed by atoms with Crippen molar-refractivity contribution in [3.63, 3.8) is 0 Å². The number of rotatable bonds is 6. The molecule has 3 aromatic carbocycles. The SMILES string of the molecule is Fc1ccc([NH+](OCc2ccccc2F)Oc2cccc(C(F)(F)F)c2F)cc1. The van der Waals surface area contributed by atoms with E-state index in [0.717, 1.165) is 24.3 Å². The first-order chi connectivity index (χ1) is 13.8. The molecule has 152 valence electrons. The molecule has 0 fully saturated rings. The second kappa shape index (κ2) is 8.54. The summed E-state index contributed by atoms with van der Waals surface area (Å²) in [6.45, 7) is -0.347. The van der Waals surface area contributed by atoms with Crippen LogP contribution in [-0.2, 0) is 17.6 Å². The Balaban J connectivity index is 1.90. The van der Waals surface area contributed by atoms with Gasteiger partial charge < -0.3 is 0 Å². The molecule has 0 saturated heterocycles. The van der Waals surface area contributed by atoms with E-state index in [1.165, 1.54) is 30.3 Å². The predicted molar refractivity (Wildman–Crippen MR) is 90.2 cm³/mol.